The highest BCUT2D eigenvalue weighted by Crippen LogP contribution is 2.46. The topological polar surface area (TPSA) is 129 Å². The number of benzene rings is 2. The van der Waals surface area contributed by atoms with Crippen LogP contribution >= 0.6 is 0 Å². The number of anilines is 2. The van der Waals surface area contributed by atoms with Gasteiger partial charge in [-0.3, -0.25) is 9.59 Å². The maximum absolute atomic E-state index is 13.3. The van der Waals surface area contributed by atoms with Crippen molar-refractivity contribution in [1.82, 2.24) is 0 Å². The third-order valence-electron chi connectivity index (χ3n) is 8.93. The van der Waals surface area contributed by atoms with E-state index in [1.165, 1.54) is 0 Å². The number of carbonyl (C=O) groups is 4. The Morgan fingerprint density at radius 2 is 1.04 bits per heavy atom. The Balaban J connectivity index is 1.79. The molecule has 2 aromatic rings. The molecule has 10 nitrogen and oxygen atoms in total. The van der Waals surface area contributed by atoms with E-state index < -0.39 is 34.9 Å². The summed E-state index contributed by atoms with van der Waals surface area (Å²) in [5.74, 6) is -2.91. The molecule has 0 bridgehead atoms. The number of esters is 4. The van der Waals surface area contributed by atoms with Gasteiger partial charge >= 0.3 is 23.9 Å². The molecule has 0 aliphatic carbocycles. The van der Waals surface area contributed by atoms with E-state index in [1.807, 2.05) is 36.4 Å². The first-order valence-corrected chi connectivity index (χ1v) is 16.3. The van der Waals surface area contributed by atoms with Crippen molar-refractivity contribution in [3.05, 3.63) is 58.7 Å². The minimum atomic E-state index is -1.09. The average Bonchev–Trinajstić information content (AvgIpc) is 3.01. The van der Waals surface area contributed by atoms with Gasteiger partial charge in [0.05, 0.1) is 38.3 Å². The maximum Gasteiger partial charge on any atom is 0.331 e. The molecule has 0 saturated carbocycles. The summed E-state index contributed by atoms with van der Waals surface area (Å²) in [4.78, 5) is 52.5. The molecule has 2 aliphatic rings. The van der Waals surface area contributed by atoms with Crippen LogP contribution in [-0.2, 0) is 38.1 Å². The Morgan fingerprint density at radius 3 is 1.37 bits per heavy atom. The van der Waals surface area contributed by atoms with Gasteiger partial charge < -0.3 is 29.6 Å². The van der Waals surface area contributed by atoms with Crippen molar-refractivity contribution in [2.75, 3.05) is 37.1 Å². The maximum atomic E-state index is 13.3. The Hall–Kier alpha value is -4.08. The van der Waals surface area contributed by atoms with Crippen molar-refractivity contribution < 1.29 is 38.1 Å². The molecule has 0 radical (unpaired) electrons. The molecule has 46 heavy (non-hydrogen) atoms. The van der Waals surface area contributed by atoms with Gasteiger partial charge in [0.1, 0.15) is 11.1 Å². The van der Waals surface area contributed by atoms with E-state index in [0.29, 0.717) is 11.4 Å². The Bertz CT molecular complexity index is 1370. The van der Waals surface area contributed by atoms with E-state index >= 15 is 0 Å². The van der Waals surface area contributed by atoms with E-state index in [0.717, 1.165) is 22.3 Å². The van der Waals surface area contributed by atoms with Gasteiger partial charge in [-0.25, -0.2) is 9.59 Å². The number of ether oxygens (including phenoxy) is 4. The van der Waals surface area contributed by atoms with Crippen LogP contribution in [0.1, 0.15) is 108 Å². The van der Waals surface area contributed by atoms with Gasteiger partial charge in [0.15, 0.2) is 0 Å². The minimum absolute atomic E-state index is 0.0991. The Labute approximate surface area is 271 Å². The van der Waals surface area contributed by atoms with Crippen molar-refractivity contribution in [1.29, 1.82) is 0 Å². The Kier molecular flexibility index (Phi) is 10.7. The number of nitrogens with one attached hydrogen (secondary N) is 2. The molecule has 0 fully saturated rings. The number of rotatable bonds is 11. The zero-order chi connectivity index (χ0) is 33.8. The van der Waals surface area contributed by atoms with E-state index in [9.17, 15) is 19.2 Å². The highest BCUT2D eigenvalue weighted by Gasteiger charge is 2.47. The quantitative estimate of drug-likeness (QED) is 0.222. The SMILES string of the molecule is CCOC(=O)C1CC(C)(C(=O)OCC)Nc2ccc(C(c3ccc4c(c3)C(C(=O)OCC)CC(C)(C(=O)OCC)N4)C(C)C)cc21. The zero-order valence-corrected chi connectivity index (χ0v) is 28.3. The summed E-state index contributed by atoms with van der Waals surface area (Å²) in [5, 5.41) is 6.67. The molecular formula is C36H48N2O8. The van der Waals surface area contributed by atoms with E-state index in [2.05, 4.69) is 24.5 Å². The molecule has 4 atom stereocenters. The van der Waals surface area contributed by atoms with Crippen LogP contribution in [0.3, 0.4) is 0 Å². The molecule has 10 heteroatoms. The van der Waals surface area contributed by atoms with Gasteiger partial charge in [0, 0.05) is 17.3 Å². The summed E-state index contributed by atoms with van der Waals surface area (Å²) in [6.07, 6.45) is 0.386. The molecule has 2 aromatic carbocycles. The van der Waals surface area contributed by atoms with Crippen LogP contribution in [0, 0.1) is 5.92 Å². The summed E-state index contributed by atoms with van der Waals surface area (Å²) in [5.41, 5.74) is 2.67. The van der Waals surface area contributed by atoms with Crippen LogP contribution in [0.5, 0.6) is 0 Å². The van der Waals surface area contributed by atoms with Gasteiger partial charge in [-0.15, -0.1) is 0 Å². The predicted molar refractivity (Wildman–Crippen MR) is 175 cm³/mol. The molecule has 2 aliphatic heterocycles. The lowest BCUT2D eigenvalue weighted by molar-refractivity contribution is -0.152. The van der Waals surface area contributed by atoms with Crippen LogP contribution in [0.4, 0.5) is 11.4 Å². The van der Waals surface area contributed by atoms with Crippen molar-refractivity contribution in [3.63, 3.8) is 0 Å². The molecule has 2 heterocycles. The standard InChI is InChI=1S/C36H48N2O8/c1-9-43-31(39)26-19-35(7,33(41)45-11-3)37-28-15-13-22(17-24(26)28)30(21(5)6)23-14-16-29-25(18-23)27(32(40)44-10-2)20-36(8,38-29)34(42)46-12-4/h13-18,21,26-27,30,37-38H,9-12,19-20H2,1-8H3. The molecule has 4 unspecified atom stereocenters. The third-order valence-corrected chi connectivity index (χ3v) is 8.93. The Morgan fingerprint density at radius 1 is 0.674 bits per heavy atom. The molecule has 250 valence electrons. The molecule has 0 amide bonds. The number of hydrogen-bond donors (Lipinski definition) is 2. The monoisotopic (exact) mass is 636 g/mol. The first-order valence-electron chi connectivity index (χ1n) is 16.3. The van der Waals surface area contributed by atoms with E-state index in [4.69, 9.17) is 18.9 Å². The second kappa shape index (κ2) is 14.1. The summed E-state index contributed by atoms with van der Waals surface area (Å²) in [6.45, 7) is 15.7. The minimum Gasteiger partial charge on any atom is -0.466 e. The first-order chi connectivity index (χ1) is 21.8. The van der Waals surface area contributed by atoms with Crippen molar-refractivity contribution in [3.8, 4) is 0 Å². The highest BCUT2D eigenvalue weighted by atomic mass is 16.5. The number of fused-ring (bicyclic) bond motifs is 2. The normalized spacial score (nSPS) is 23.9. The molecular weight excluding hydrogens is 588 g/mol. The number of hydrogen-bond acceptors (Lipinski definition) is 10. The third kappa shape index (κ3) is 6.86. The predicted octanol–water partition coefficient (Wildman–Crippen LogP) is 6.04. The smallest absolute Gasteiger partial charge is 0.331 e. The lowest BCUT2D eigenvalue weighted by atomic mass is 9.75. The molecule has 0 saturated heterocycles. The summed E-state index contributed by atoms with van der Waals surface area (Å²) < 4.78 is 21.6. The van der Waals surface area contributed by atoms with Gasteiger partial charge in [0.2, 0.25) is 0 Å². The lowest BCUT2D eigenvalue weighted by Crippen LogP contribution is -2.49. The second-order valence-corrected chi connectivity index (χ2v) is 12.8. The second-order valence-electron chi connectivity index (χ2n) is 12.8. The number of carbonyl (C=O) groups excluding carboxylic acids is 4. The summed E-state index contributed by atoms with van der Waals surface area (Å²) in [7, 11) is 0. The summed E-state index contributed by atoms with van der Waals surface area (Å²) >= 11 is 0. The van der Waals surface area contributed by atoms with Crippen LogP contribution in [0.25, 0.3) is 0 Å². The fourth-order valence-electron chi connectivity index (χ4n) is 6.80. The fourth-order valence-corrected chi connectivity index (χ4v) is 6.80. The molecule has 2 N–H and O–H groups in total. The fraction of sp³-hybridized carbons (Fsp3) is 0.556. The largest absolute Gasteiger partial charge is 0.466 e. The molecule has 0 spiro atoms. The summed E-state index contributed by atoms with van der Waals surface area (Å²) in [6, 6.07) is 11.9. The average molecular weight is 637 g/mol. The van der Waals surface area contributed by atoms with Crippen LogP contribution < -0.4 is 10.6 Å². The van der Waals surface area contributed by atoms with Crippen molar-refractivity contribution >= 4 is 35.3 Å². The van der Waals surface area contributed by atoms with Crippen molar-refractivity contribution in [2.45, 2.75) is 97.1 Å². The zero-order valence-electron chi connectivity index (χ0n) is 28.3. The van der Waals surface area contributed by atoms with Gasteiger partial charge in [-0.2, -0.15) is 0 Å². The molecule has 0 aromatic heterocycles. The van der Waals surface area contributed by atoms with Gasteiger partial charge in [0.25, 0.3) is 0 Å². The molecule has 4 rings (SSSR count). The van der Waals surface area contributed by atoms with Gasteiger partial charge in [-0.05, 0) is 94.7 Å². The van der Waals surface area contributed by atoms with E-state index in [-0.39, 0.29) is 63.0 Å². The van der Waals surface area contributed by atoms with Gasteiger partial charge in [-0.1, -0.05) is 38.1 Å². The van der Waals surface area contributed by atoms with Crippen LogP contribution in [0.2, 0.25) is 0 Å². The van der Waals surface area contributed by atoms with Crippen LogP contribution in [-0.4, -0.2) is 61.4 Å². The lowest BCUT2D eigenvalue weighted by Gasteiger charge is -2.39. The van der Waals surface area contributed by atoms with Crippen LogP contribution in [0.15, 0.2) is 36.4 Å². The van der Waals surface area contributed by atoms with Crippen molar-refractivity contribution in [2.24, 2.45) is 5.92 Å². The first kappa shape index (κ1) is 34.8. The highest BCUT2D eigenvalue weighted by molar-refractivity contribution is 5.91. The van der Waals surface area contributed by atoms with E-state index in [1.54, 1.807) is 41.5 Å².